The summed E-state index contributed by atoms with van der Waals surface area (Å²) in [5, 5.41) is 0. The number of carbonyl (C=O) groups is 1. The molecule has 0 spiro atoms. The van der Waals surface area contributed by atoms with Crippen LogP contribution in [0.4, 0.5) is 5.69 Å². The summed E-state index contributed by atoms with van der Waals surface area (Å²) in [6.45, 7) is 3.38. The zero-order chi connectivity index (χ0) is 18.7. The van der Waals surface area contributed by atoms with Gasteiger partial charge in [-0.1, -0.05) is 24.3 Å². The lowest BCUT2D eigenvalue weighted by Crippen LogP contribution is -2.39. The number of hydrogen-bond acceptors (Lipinski definition) is 5. The Morgan fingerprint density at radius 2 is 1.65 bits per heavy atom. The van der Waals surface area contributed by atoms with Crippen molar-refractivity contribution in [3.05, 3.63) is 47.5 Å². The number of ketones is 1. The van der Waals surface area contributed by atoms with Gasteiger partial charge in [0.1, 0.15) is 5.78 Å². The van der Waals surface area contributed by atoms with Crippen LogP contribution in [0.3, 0.4) is 0 Å². The van der Waals surface area contributed by atoms with Crippen molar-refractivity contribution < 1.29 is 19.0 Å². The molecule has 138 valence electrons. The number of ether oxygens (including phenoxy) is 3. The molecular weight excluding hydrogens is 330 g/mol. The van der Waals surface area contributed by atoms with Crippen LogP contribution in [-0.4, -0.2) is 40.2 Å². The van der Waals surface area contributed by atoms with Crippen molar-refractivity contribution in [2.45, 2.75) is 19.3 Å². The quantitative estimate of drug-likeness (QED) is 0.820. The van der Waals surface area contributed by atoms with Gasteiger partial charge in [0.15, 0.2) is 11.5 Å². The van der Waals surface area contributed by atoms with Gasteiger partial charge in [-0.3, -0.25) is 4.79 Å². The van der Waals surface area contributed by atoms with Crippen LogP contribution in [0.15, 0.2) is 36.4 Å². The zero-order valence-electron chi connectivity index (χ0n) is 15.7. The normalized spacial score (nSPS) is 17.2. The zero-order valence-corrected chi connectivity index (χ0v) is 15.7. The Morgan fingerprint density at radius 3 is 2.23 bits per heavy atom. The number of rotatable bonds is 5. The Labute approximate surface area is 154 Å². The van der Waals surface area contributed by atoms with Crippen LogP contribution in [0.2, 0.25) is 0 Å². The molecule has 1 fully saturated rings. The molecule has 0 radical (unpaired) electrons. The van der Waals surface area contributed by atoms with E-state index >= 15 is 0 Å². The second-order valence-electron chi connectivity index (χ2n) is 6.46. The maximum atomic E-state index is 12.6. The van der Waals surface area contributed by atoms with Crippen LogP contribution in [0.5, 0.6) is 17.2 Å². The van der Waals surface area contributed by atoms with Gasteiger partial charge >= 0.3 is 0 Å². The van der Waals surface area contributed by atoms with E-state index in [-0.39, 0.29) is 5.92 Å². The van der Waals surface area contributed by atoms with E-state index in [1.807, 2.05) is 24.3 Å². The summed E-state index contributed by atoms with van der Waals surface area (Å²) in [4.78, 5) is 14.8. The molecule has 26 heavy (non-hydrogen) atoms. The second-order valence-corrected chi connectivity index (χ2v) is 6.46. The average Bonchev–Trinajstić information content (AvgIpc) is 2.67. The van der Waals surface area contributed by atoms with Crippen LogP contribution >= 0.6 is 0 Å². The predicted octanol–water partition coefficient (Wildman–Crippen LogP) is 3.58. The highest BCUT2D eigenvalue weighted by Crippen LogP contribution is 2.42. The number of Topliss-reactive ketones (excluding diaryl/α,β-unsaturated/α-hetero) is 1. The van der Waals surface area contributed by atoms with E-state index in [0.717, 1.165) is 16.8 Å². The first kappa shape index (κ1) is 18.1. The summed E-state index contributed by atoms with van der Waals surface area (Å²) < 4.78 is 16.3. The fourth-order valence-corrected chi connectivity index (χ4v) is 3.57. The molecule has 5 nitrogen and oxygen atoms in total. The number of anilines is 1. The first-order valence-corrected chi connectivity index (χ1v) is 8.72. The molecule has 0 aromatic heterocycles. The molecule has 3 rings (SSSR count). The molecule has 1 atom stereocenters. The van der Waals surface area contributed by atoms with Gasteiger partial charge in [-0.2, -0.15) is 0 Å². The third-order valence-corrected chi connectivity index (χ3v) is 5.00. The molecule has 5 heteroatoms. The first-order chi connectivity index (χ1) is 12.6. The lowest BCUT2D eigenvalue weighted by molar-refractivity contribution is -0.120. The molecule has 1 heterocycles. The number of benzene rings is 2. The third kappa shape index (κ3) is 3.34. The van der Waals surface area contributed by atoms with Crippen molar-refractivity contribution in [1.82, 2.24) is 0 Å². The lowest BCUT2D eigenvalue weighted by atomic mass is 9.86. The molecule has 2 aromatic carbocycles. The van der Waals surface area contributed by atoms with E-state index < -0.39 is 0 Å². The van der Waals surface area contributed by atoms with Gasteiger partial charge in [-0.15, -0.1) is 0 Å². The van der Waals surface area contributed by atoms with Crippen molar-refractivity contribution in [3.63, 3.8) is 0 Å². The molecule has 0 aliphatic carbocycles. The first-order valence-electron chi connectivity index (χ1n) is 8.72. The van der Waals surface area contributed by atoms with Gasteiger partial charge < -0.3 is 19.1 Å². The predicted molar refractivity (Wildman–Crippen MR) is 102 cm³/mol. The van der Waals surface area contributed by atoms with E-state index in [0.29, 0.717) is 42.5 Å². The highest BCUT2D eigenvalue weighted by atomic mass is 16.5. The van der Waals surface area contributed by atoms with Crippen LogP contribution in [0.1, 0.15) is 23.5 Å². The molecule has 2 aromatic rings. The summed E-state index contributed by atoms with van der Waals surface area (Å²) in [5.41, 5.74) is 3.22. The van der Waals surface area contributed by atoms with E-state index in [1.54, 1.807) is 21.3 Å². The molecular formula is C21H25NO4. The van der Waals surface area contributed by atoms with Crippen LogP contribution in [-0.2, 0) is 4.79 Å². The molecule has 1 aliphatic rings. The van der Waals surface area contributed by atoms with Crippen molar-refractivity contribution in [2.75, 3.05) is 39.3 Å². The van der Waals surface area contributed by atoms with Crippen molar-refractivity contribution in [3.8, 4) is 17.2 Å². The fraction of sp³-hybridized carbons (Fsp3) is 0.381. The van der Waals surface area contributed by atoms with Gasteiger partial charge in [-0.05, 0) is 18.1 Å². The minimum atomic E-state index is -0.121. The van der Waals surface area contributed by atoms with E-state index in [2.05, 4.69) is 24.0 Å². The SMILES string of the molecule is COc1cc(N2CCC(=O)C(c3ccccc3C)C2)cc(OC)c1OC. The van der Waals surface area contributed by atoms with Crippen molar-refractivity contribution in [1.29, 1.82) is 0 Å². The van der Waals surface area contributed by atoms with E-state index in [4.69, 9.17) is 14.2 Å². The number of piperidine rings is 1. The minimum absolute atomic E-state index is 0.121. The smallest absolute Gasteiger partial charge is 0.203 e. The number of carbonyl (C=O) groups excluding carboxylic acids is 1. The molecule has 1 unspecified atom stereocenters. The molecule has 0 N–H and O–H groups in total. The highest BCUT2D eigenvalue weighted by Gasteiger charge is 2.30. The average molecular weight is 355 g/mol. The topological polar surface area (TPSA) is 48.0 Å². The summed E-state index contributed by atoms with van der Waals surface area (Å²) in [6, 6.07) is 12.0. The summed E-state index contributed by atoms with van der Waals surface area (Å²) >= 11 is 0. The molecule has 0 saturated carbocycles. The largest absolute Gasteiger partial charge is 0.493 e. The Morgan fingerprint density at radius 1 is 1.00 bits per heavy atom. The summed E-state index contributed by atoms with van der Waals surface area (Å²) in [5.74, 6) is 1.98. The molecule has 0 bridgehead atoms. The number of nitrogens with zero attached hydrogens (tertiary/aromatic N) is 1. The van der Waals surface area contributed by atoms with E-state index in [9.17, 15) is 4.79 Å². The number of hydrogen-bond donors (Lipinski definition) is 0. The lowest BCUT2D eigenvalue weighted by Gasteiger charge is -2.34. The van der Waals surface area contributed by atoms with Crippen molar-refractivity contribution >= 4 is 11.5 Å². The van der Waals surface area contributed by atoms with Gasteiger partial charge in [0.25, 0.3) is 0 Å². The Balaban J connectivity index is 1.95. The highest BCUT2D eigenvalue weighted by molar-refractivity contribution is 5.88. The van der Waals surface area contributed by atoms with Gasteiger partial charge in [-0.25, -0.2) is 0 Å². The van der Waals surface area contributed by atoms with Crippen LogP contribution < -0.4 is 19.1 Å². The maximum Gasteiger partial charge on any atom is 0.203 e. The monoisotopic (exact) mass is 355 g/mol. The van der Waals surface area contributed by atoms with E-state index in [1.165, 1.54) is 0 Å². The minimum Gasteiger partial charge on any atom is -0.493 e. The summed E-state index contributed by atoms with van der Waals surface area (Å²) in [6.07, 6.45) is 0.523. The second kappa shape index (κ2) is 7.68. The molecule has 1 aliphatic heterocycles. The Hall–Kier alpha value is -2.69. The van der Waals surface area contributed by atoms with Crippen molar-refractivity contribution in [2.24, 2.45) is 0 Å². The standard InChI is InChI=1S/C21H25NO4/c1-14-7-5-6-8-16(14)17-13-22(10-9-18(17)23)15-11-19(24-2)21(26-4)20(12-15)25-3/h5-8,11-12,17H,9-10,13H2,1-4H3. The summed E-state index contributed by atoms with van der Waals surface area (Å²) in [7, 11) is 4.81. The maximum absolute atomic E-state index is 12.6. The van der Waals surface area contributed by atoms with Gasteiger partial charge in [0.2, 0.25) is 5.75 Å². The third-order valence-electron chi connectivity index (χ3n) is 5.00. The molecule has 0 amide bonds. The van der Waals surface area contributed by atoms with Crippen LogP contribution in [0.25, 0.3) is 0 Å². The van der Waals surface area contributed by atoms with Crippen LogP contribution in [0, 0.1) is 6.92 Å². The number of methoxy groups -OCH3 is 3. The Bertz CT molecular complexity index is 777. The molecule has 1 saturated heterocycles. The van der Waals surface area contributed by atoms with Gasteiger partial charge in [0, 0.05) is 37.3 Å². The fourth-order valence-electron chi connectivity index (χ4n) is 3.57. The number of aryl methyl sites for hydroxylation is 1. The van der Waals surface area contributed by atoms with Gasteiger partial charge in [0.05, 0.1) is 27.2 Å². The Kier molecular flexibility index (Phi) is 5.35.